The molecule has 4 nitrogen and oxygen atoms in total. The summed E-state index contributed by atoms with van der Waals surface area (Å²) >= 11 is 1.95. The molecule has 0 radical (unpaired) electrons. The summed E-state index contributed by atoms with van der Waals surface area (Å²) in [6, 6.07) is 31.8. The number of ether oxygens (including phenoxy) is 4. The van der Waals surface area contributed by atoms with Gasteiger partial charge in [0.1, 0.15) is 23.0 Å². The molecule has 0 fully saturated rings. The number of rotatable bonds is 9. The highest BCUT2D eigenvalue weighted by atomic mass is 32.2. The Hall–Kier alpha value is -3.57. The summed E-state index contributed by atoms with van der Waals surface area (Å²) in [5.74, 6) is 4.33. The van der Waals surface area contributed by atoms with E-state index in [9.17, 15) is 0 Å². The molecular weight excluding hydrogens is 480 g/mol. The van der Waals surface area contributed by atoms with E-state index >= 15 is 0 Å². The van der Waals surface area contributed by atoms with Crippen LogP contribution in [0.2, 0.25) is 0 Å². The van der Waals surface area contributed by atoms with Crippen molar-refractivity contribution in [1.29, 1.82) is 0 Å². The number of thioether (sulfide) groups is 1. The largest absolute Gasteiger partial charge is 0.497 e. The minimum atomic E-state index is 0.0853. The van der Waals surface area contributed by atoms with E-state index in [1.54, 1.807) is 28.4 Å². The lowest BCUT2D eigenvalue weighted by Gasteiger charge is -2.27. The molecule has 1 unspecified atom stereocenters. The molecule has 0 saturated carbocycles. The average molecular weight is 513 g/mol. The maximum atomic E-state index is 6.00. The van der Waals surface area contributed by atoms with Gasteiger partial charge >= 0.3 is 0 Å². The van der Waals surface area contributed by atoms with Gasteiger partial charge in [-0.05, 0) is 40.5 Å². The summed E-state index contributed by atoms with van der Waals surface area (Å²) in [5, 5.41) is 0.154. The standard InChI is InChI=1S/C32H32O4S/c1-33-24-15-23(16-25(17-24)34-2)30-29(22-13-9-6-10-14-22)31-27(18-26(35-3)19-28(31)36-4)32(30)37-20-21-11-7-5-8-12-21/h5-19,29-30,32H,20H2,1-4H3/t29-,30-,32?/m0/s1. The number of fused-ring (bicyclic) bond motifs is 1. The van der Waals surface area contributed by atoms with Crippen molar-refractivity contribution in [3.63, 3.8) is 0 Å². The molecule has 0 N–H and O–H groups in total. The third-order valence-electron chi connectivity index (χ3n) is 7.10. The van der Waals surface area contributed by atoms with Crippen molar-refractivity contribution in [3.05, 3.63) is 119 Å². The van der Waals surface area contributed by atoms with Crippen LogP contribution >= 0.6 is 11.8 Å². The number of hydrogen-bond donors (Lipinski definition) is 0. The maximum absolute atomic E-state index is 6.00. The van der Waals surface area contributed by atoms with E-state index in [1.807, 2.05) is 23.9 Å². The molecule has 1 aliphatic carbocycles. The highest BCUT2D eigenvalue weighted by Gasteiger charge is 2.45. The molecule has 0 amide bonds. The molecular formula is C32H32O4S. The second kappa shape index (κ2) is 11.2. The molecule has 0 saturated heterocycles. The van der Waals surface area contributed by atoms with Gasteiger partial charge in [0.05, 0.1) is 28.4 Å². The Morgan fingerprint density at radius 3 is 1.81 bits per heavy atom. The number of benzene rings is 4. The van der Waals surface area contributed by atoms with Crippen LogP contribution in [0.4, 0.5) is 0 Å². The van der Waals surface area contributed by atoms with E-state index in [0.29, 0.717) is 0 Å². The monoisotopic (exact) mass is 512 g/mol. The van der Waals surface area contributed by atoms with E-state index in [1.165, 1.54) is 27.8 Å². The fraction of sp³-hybridized carbons (Fsp3) is 0.250. The summed E-state index contributed by atoms with van der Waals surface area (Å²) in [6.45, 7) is 0. The third-order valence-corrected chi connectivity index (χ3v) is 8.50. The summed E-state index contributed by atoms with van der Waals surface area (Å²) < 4.78 is 23.1. The van der Waals surface area contributed by atoms with Crippen LogP contribution in [-0.4, -0.2) is 28.4 Å². The Bertz CT molecular complexity index is 1320. The predicted molar refractivity (Wildman–Crippen MR) is 151 cm³/mol. The predicted octanol–water partition coefficient (Wildman–Crippen LogP) is 7.62. The van der Waals surface area contributed by atoms with E-state index in [2.05, 4.69) is 78.9 Å². The molecule has 5 rings (SSSR count). The van der Waals surface area contributed by atoms with Crippen molar-refractivity contribution in [3.8, 4) is 23.0 Å². The lowest BCUT2D eigenvalue weighted by molar-refractivity contribution is 0.389. The molecule has 190 valence electrons. The highest BCUT2D eigenvalue weighted by molar-refractivity contribution is 7.98. The number of methoxy groups -OCH3 is 4. The Morgan fingerprint density at radius 2 is 1.22 bits per heavy atom. The first-order valence-electron chi connectivity index (χ1n) is 12.4. The molecule has 4 aromatic carbocycles. The van der Waals surface area contributed by atoms with E-state index in [-0.39, 0.29) is 17.1 Å². The van der Waals surface area contributed by atoms with Gasteiger partial charge in [0.25, 0.3) is 0 Å². The van der Waals surface area contributed by atoms with Gasteiger partial charge in [-0.1, -0.05) is 60.7 Å². The van der Waals surface area contributed by atoms with Crippen molar-refractivity contribution in [2.75, 3.05) is 28.4 Å². The van der Waals surface area contributed by atoms with E-state index < -0.39 is 0 Å². The van der Waals surface area contributed by atoms with Crippen LogP contribution in [0.3, 0.4) is 0 Å². The van der Waals surface area contributed by atoms with Crippen LogP contribution in [0, 0.1) is 0 Å². The van der Waals surface area contributed by atoms with Gasteiger partial charge in [0.2, 0.25) is 0 Å². The van der Waals surface area contributed by atoms with Gasteiger partial charge in [-0.15, -0.1) is 11.8 Å². The quantitative estimate of drug-likeness (QED) is 0.230. The normalized spacial score (nSPS) is 18.2. The molecule has 5 heteroatoms. The molecule has 4 aromatic rings. The van der Waals surface area contributed by atoms with Gasteiger partial charge in [-0.2, -0.15) is 0 Å². The topological polar surface area (TPSA) is 36.9 Å². The molecule has 0 heterocycles. The zero-order chi connectivity index (χ0) is 25.8. The van der Waals surface area contributed by atoms with E-state index in [0.717, 1.165) is 28.8 Å². The summed E-state index contributed by atoms with van der Waals surface area (Å²) in [5.41, 5.74) is 6.19. The van der Waals surface area contributed by atoms with Crippen LogP contribution in [0.5, 0.6) is 23.0 Å². The Labute approximate surface area is 223 Å². The summed E-state index contributed by atoms with van der Waals surface area (Å²) in [7, 11) is 6.85. The zero-order valence-electron chi connectivity index (χ0n) is 21.6. The molecule has 0 bridgehead atoms. The van der Waals surface area contributed by atoms with Gasteiger partial charge in [-0.3, -0.25) is 0 Å². The van der Waals surface area contributed by atoms with Crippen molar-refractivity contribution in [1.82, 2.24) is 0 Å². The summed E-state index contributed by atoms with van der Waals surface area (Å²) in [6.07, 6.45) is 0. The fourth-order valence-corrected chi connectivity index (χ4v) is 6.86. The first-order chi connectivity index (χ1) is 18.2. The Morgan fingerprint density at radius 1 is 0.622 bits per heavy atom. The third kappa shape index (κ3) is 5.01. The second-order valence-electron chi connectivity index (χ2n) is 9.11. The lowest BCUT2D eigenvalue weighted by atomic mass is 9.81. The SMILES string of the molecule is COc1cc(OC)cc([C@@H]2C(SCc3ccccc3)c3cc(OC)cc(OC)c3[C@H]2c2ccccc2)c1. The first-order valence-corrected chi connectivity index (χ1v) is 13.4. The average Bonchev–Trinajstić information content (AvgIpc) is 3.30. The van der Waals surface area contributed by atoms with Crippen molar-refractivity contribution in [2.24, 2.45) is 0 Å². The fourth-order valence-electron chi connectivity index (χ4n) is 5.40. The molecule has 3 atom stereocenters. The van der Waals surface area contributed by atoms with E-state index in [4.69, 9.17) is 18.9 Å². The van der Waals surface area contributed by atoms with Crippen LogP contribution in [0.25, 0.3) is 0 Å². The molecule has 0 aromatic heterocycles. The van der Waals surface area contributed by atoms with Crippen LogP contribution in [0.15, 0.2) is 91.0 Å². The maximum Gasteiger partial charge on any atom is 0.126 e. The van der Waals surface area contributed by atoms with Gasteiger partial charge in [-0.25, -0.2) is 0 Å². The van der Waals surface area contributed by atoms with Crippen LogP contribution in [-0.2, 0) is 5.75 Å². The Balaban J connectivity index is 1.73. The van der Waals surface area contributed by atoms with Gasteiger partial charge in [0.15, 0.2) is 0 Å². The van der Waals surface area contributed by atoms with Crippen molar-refractivity contribution in [2.45, 2.75) is 22.8 Å². The van der Waals surface area contributed by atoms with Crippen molar-refractivity contribution >= 4 is 11.8 Å². The van der Waals surface area contributed by atoms with Gasteiger partial charge < -0.3 is 18.9 Å². The zero-order valence-corrected chi connectivity index (χ0v) is 22.5. The smallest absolute Gasteiger partial charge is 0.126 e. The van der Waals surface area contributed by atoms with Crippen LogP contribution in [0.1, 0.15) is 44.9 Å². The van der Waals surface area contributed by atoms with Gasteiger partial charge in [0, 0.05) is 40.5 Å². The minimum Gasteiger partial charge on any atom is -0.497 e. The summed E-state index contributed by atoms with van der Waals surface area (Å²) in [4.78, 5) is 0. The molecule has 1 aliphatic rings. The van der Waals surface area contributed by atoms with Crippen molar-refractivity contribution < 1.29 is 18.9 Å². The van der Waals surface area contributed by atoms with Crippen LogP contribution < -0.4 is 18.9 Å². The highest BCUT2D eigenvalue weighted by Crippen LogP contribution is 2.62. The second-order valence-corrected chi connectivity index (χ2v) is 10.2. The number of hydrogen-bond acceptors (Lipinski definition) is 5. The Kier molecular flexibility index (Phi) is 7.61. The molecule has 0 aliphatic heterocycles. The molecule has 0 spiro atoms. The lowest BCUT2D eigenvalue weighted by Crippen LogP contribution is -2.11. The minimum absolute atomic E-state index is 0.0853. The molecule has 37 heavy (non-hydrogen) atoms. The first kappa shape index (κ1) is 25.1.